The van der Waals surface area contributed by atoms with Gasteiger partial charge in [-0.15, -0.1) is 0 Å². The van der Waals surface area contributed by atoms with Gasteiger partial charge in [-0.2, -0.15) is 0 Å². The Kier molecular flexibility index (Phi) is 2.91. The van der Waals surface area contributed by atoms with E-state index in [1.54, 1.807) is 6.20 Å². The molecule has 1 aromatic rings. The molecule has 0 spiro atoms. The van der Waals surface area contributed by atoms with Crippen molar-refractivity contribution >= 4 is 11.5 Å². The van der Waals surface area contributed by atoms with Crippen LogP contribution in [0.25, 0.3) is 0 Å². The van der Waals surface area contributed by atoms with Crippen molar-refractivity contribution in [3.63, 3.8) is 0 Å². The van der Waals surface area contributed by atoms with Gasteiger partial charge in [-0.05, 0) is 43.7 Å². The van der Waals surface area contributed by atoms with Crippen molar-refractivity contribution in [3.8, 4) is 0 Å². The number of pyridine rings is 1. The monoisotopic (exact) mass is 231 g/mol. The first-order valence-corrected chi connectivity index (χ1v) is 6.83. The van der Waals surface area contributed by atoms with E-state index in [0.29, 0.717) is 0 Å². The van der Waals surface area contributed by atoms with Gasteiger partial charge in [0.1, 0.15) is 5.82 Å². The van der Waals surface area contributed by atoms with E-state index in [2.05, 4.69) is 16.0 Å². The van der Waals surface area contributed by atoms with Crippen LogP contribution in [-0.4, -0.2) is 17.6 Å². The van der Waals surface area contributed by atoms with E-state index in [1.165, 1.54) is 38.5 Å². The fourth-order valence-corrected chi connectivity index (χ4v) is 3.48. The summed E-state index contributed by atoms with van der Waals surface area (Å²) in [5.74, 6) is 2.02. The molecular formula is C14H21N3. The summed E-state index contributed by atoms with van der Waals surface area (Å²) in [5.41, 5.74) is 6.46. The molecule has 1 saturated heterocycles. The maximum absolute atomic E-state index is 5.71. The summed E-state index contributed by atoms with van der Waals surface area (Å²) in [5, 5.41) is 0. The molecule has 0 amide bonds. The fourth-order valence-electron chi connectivity index (χ4n) is 3.48. The molecule has 2 atom stereocenters. The third-order valence-corrected chi connectivity index (χ3v) is 4.31. The molecular weight excluding hydrogens is 210 g/mol. The third-order valence-electron chi connectivity index (χ3n) is 4.31. The SMILES string of the molecule is Nc1ccc(N2CCCC3CCCCC32)nc1. The topological polar surface area (TPSA) is 42.1 Å². The van der Waals surface area contributed by atoms with Gasteiger partial charge < -0.3 is 10.6 Å². The molecule has 1 saturated carbocycles. The van der Waals surface area contributed by atoms with Crippen molar-refractivity contribution in [2.45, 2.75) is 44.6 Å². The number of nitrogens with zero attached hydrogens (tertiary/aromatic N) is 2. The van der Waals surface area contributed by atoms with Crippen molar-refractivity contribution in [3.05, 3.63) is 18.3 Å². The molecule has 0 bridgehead atoms. The molecule has 2 unspecified atom stereocenters. The Hall–Kier alpha value is -1.25. The Bertz CT molecular complexity index is 372. The summed E-state index contributed by atoms with van der Waals surface area (Å²) >= 11 is 0. The molecule has 3 rings (SSSR count). The predicted molar refractivity (Wildman–Crippen MR) is 71.0 cm³/mol. The van der Waals surface area contributed by atoms with Gasteiger partial charge in [0.05, 0.1) is 11.9 Å². The van der Waals surface area contributed by atoms with Gasteiger partial charge in [0.2, 0.25) is 0 Å². The molecule has 2 aliphatic rings. The highest BCUT2D eigenvalue weighted by Gasteiger charge is 2.33. The van der Waals surface area contributed by atoms with Crippen LogP contribution in [0.3, 0.4) is 0 Å². The second kappa shape index (κ2) is 4.55. The molecule has 92 valence electrons. The summed E-state index contributed by atoms with van der Waals surface area (Å²) in [6, 6.07) is 4.77. The van der Waals surface area contributed by atoms with E-state index < -0.39 is 0 Å². The Balaban J connectivity index is 1.83. The van der Waals surface area contributed by atoms with Crippen molar-refractivity contribution in [1.82, 2.24) is 4.98 Å². The third kappa shape index (κ3) is 2.11. The number of piperidine rings is 1. The second-order valence-corrected chi connectivity index (χ2v) is 5.40. The van der Waals surface area contributed by atoms with Crippen molar-refractivity contribution < 1.29 is 0 Å². The van der Waals surface area contributed by atoms with Gasteiger partial charge in [0, 0.05) is 12.6 Å². The van der Waals surface area contributed by atoms with E-state index in [1.807, 2.05) is 6.07 Å². The lowest BCUT2D eigenvalue weighted by Gasteiger charge is -2.44. The lowest BCUT2D eigenvalue weighted by atomic mass is 9.78. The van der Waals surface area contributed by atoms with Gasteiger partial charge in [0.25, 0.3) is 0 Å². The summed E-state index contributed by atoms with van der Waals surface area (Å²) in [6.45, 7) is 1.16. The average molecular weight is 231 g/mol. The van der Waals surface area contributed by atoms with Crippen LogP contribution in [0.15, 0.2) is 18.3 Å². The number of aromatic nitrogens is 1. The van der Waals surface area contributed by atoms with Gasteiger partial charge in [-0.25, -0.2) is 4.98 Å². The molecule has 1 aliphatic heterocycles. The van der Waals surface area contributed by atoms with Gasteiger partial charge in [-0.1, -0.05) is 12.8 Å². The lowest BCUT2D eigenvalue weighted by molar-refractivity contribution is 0.243. The zero-order valence-corrected chi connectivity index (χ0v) is 10.3. The van der Waals surface area contributed by atoms with E-state index >= 15 is 0 Å². The number of hydrogen-bond donors (Lipinski definition) is 1. The Morgan fingerprint density at radius 2 is 1.94 bits per heavy atom. The highest BCUT2D eigenvalue weighted by molar-refractivity contribution is 5.47. The van der Waals surface area contributed by atoms with Gasteiger partial charge >= 0.3 is 0 Å². The number of nitrogens with two attached hydrogens (primary N) is 1. The molecule has 17 heavy (non-hydrogen) atoms. The van der Waals surface area contributed by atoms with E-state index in [0.717, 1.165) is 30.0 Å². The quantitative estimate of drug-likeness (QED) is 0.808. The molecule has 2 N–H and O–H groups in total. The highest BCUT2D eigenvalue weighted by Crippen LogP contribution is 2.37. The maximum atomic E-state index is 5.71. The molecule has 2 heterocycles. The molecule has 2 fully saturated rings. The standard InChI is InChI=1S/C14H21N3/c15-12-7-8-14(16-10-12)17-9-3-5-11-4-1-2-6-13(11)17/h7-8,10-11,13H,1-6,9,15H2. The minimum absolute atomic E-state index is 0.730. The Labute approximate surface area is 103 Å². The molecule has 3 nitrogen and oxygen atoms in total. The maximum Gasteiger partial charge on any atom is 0.128 e. The number of hydrogen-bond acceptors (Lipinski definition) is 3. The van der Waals surface area contributed by atoms with Crippen LogP contribution in [0.4, 0.5) is 11.5 Å². The molecule has 1 aromatic heterocycles. The summed E-state index contributed by atoms with van der Waals surface area (Å²) in [7, 11) is 0. The van der Waals surface area contributed by atoms with Gasteiger partial charge in [-0.3, -0.25) is 0 Å². The smallest absolute Gasteiger partial charge is 0.128 e. The Morgan fingerprint density at radius 1 is 1.12 bits per heavy atom. The first-order valence-electron chi connectivity index (χ1n) is 6.83. The predicted octanol–water partition coefficient (Wildman–Crippen LogP) is 2.82. The minimum atomic E-state index is 0.730. The fraction of sp³-hybridized carbons (Fsp3) is 0.643. The van der Waals surface area contributed by atoms with Crippen LogP contribution in [0, 0.1) is 5.92 Å². The van der Waals surface area contributed by atoms with Crippen LogP contribution in [0.2, 0.25) is 0 Å². The van der Waals surface area contributed by atoms with Crippen LogP contribution in [0.1, 0.15) is 38.5 Å². The number of nitrogen functional groups attached to an aromatic ring is 1. The molecule has 0 radical (unpaired) electrons. The lowest BCUT2D eigenvalue weighted by Crippen LogP contribution is -2.47. The van der Waals surface area contributed by atoms with E-state index in [9.17, 15) is 0 Å². The van der Waals surface area contributed by atoms with Crippen molar-refractivity contribution in [2.75, 3.05) is 17.2 Å². The Morgan fingerprint density at radius 3 is 2.76 bits per heavy atom. The van der Waals surface area contributed by atoms with Crippen LogP contribution in [-0.2, 0) is 0 Å². The largest absolute Gasteiger partial charge is 0.397 e. The zero-order valence-electron chi connectivity index (χ0n) is 10.3. The number of rotatable bonds is 1. The van der Waals surface area contributed by atoms with Crippen molar-refractivity contribution in [2.24, 2.45) is 5.92 Å². The number of anilines is 2. The normalized spacial score (nSPS) is 28.8. The van der Waals surface area contributed by atoms with Crippen LogP contribution < -0.4 is 10.6 Å². The second-order valence-electron chi connectivity index (χ2n) is 5.40. The molecule has 0 aromatic carbocycles. The van der Waals surface area contributed by atoms with E-state index in [-0.39, 0.29) is 0 Å². The van der Waals surface area contributed by atoms with Crippen LogP contribution >= 0.6 is 0 Å². The van der Waals surface area contributed by atoms with Crippen molar-refractivity contribution in [1.29, 1.82) is 0 Å². The van der Waals surface area contributed by atoms with E-state index in [4.69, 9.17) is 5.73 Å². The first kappa shape index (κ1) is 10.9. The van der Waals surface area contributed by atoms with Crippen LogP contribution in [0.5, 0.6) is 0 Å². The average Bonchev–Trinajstić information content (AvgIpc) is 2.39. The zero-order chi connectivity index (χ0) is 11.7. The number of fused-ring (bicyclic) bond motifs is 1. The molecule has 3 heteroatoms. The first-order chi connectivity index (χ1) is 8.34. The minimum Gasteiger partial charge on any atom is -0.397 e. The summed E-state index contributed by atoms with van der Waals surface area (Å²) < 4.78 is 0. The van der Waals surface area contributed by atoms with Gasteiger partial charge in [0.15, 0.2) is 0 Å². The summed E-state index contributed by atoms with van der Waals surface area (Å²) in [4.78, 5) is 7.01. The molecule has 1 aliphatic carbocycles. The highest BCUT2D eigenvalue weighted by atomic mass is 15.2. The summed E-state index contributed by atoms with van der Waals surface area (Å²) in [6.07, 6.45) is 10.1.